The van der Waals surface area contributed by atoms with Crippen LogP contribution in [-0.4, -0.2) is 15.0 Å². The molecule has 0 atom stereocenters. The molecular formula is C43H25N3S2. The number of fused-ring (bicyclic) bond motifs is 6. The summed E-state index contributed by atoms with van der Waals surface area (Å²) in [6.45, 7) is 0. The van der Waals surface area contributed by atoms with E-state index in [0.717, 1.165) is 26.1 Å². The van der Waals surface area contributed by atoms with E-state index in [1.165, 1.54) is 54.2 Å². The highest BCUT2D eigenvalue weighted by molar-refractivity contribution is 7.13. The van der Waals surface area contributed by atoms with Crippen LogP contribution in [0.4, 0.5) is 0 Å². The minimum atomic E-state index is 0.687. The first kappa shape index (κ1) is 27.4. The SMILES string of the molecule is c1csc(-c2nc(-c3cccs3)nc(-c3c4ccccc4c(-c4cccc5c4ccc4cc6ccccc6cc45)c4ccccc34)n2)c1. The molecule has 7 aromatic carbocycles. The molecule has 0 saturated heterocycles. The Morgan fingerprint density at radius 3 is 1.48 bits per heavy atom. The number of thiophene rings is 2. The first-order valence-corrected chi connectivity index (χ1v) is 17.7. The molecule has 0 fully saturated rings. The lowest BCUT2D eigenvalue weighted by Crippen LogP contribution is -2.00. The summed E-state index contributed by atoms with van der Waals surface area (Å²) in [6.07, 6.45) is 0. The summed E-state index contributed by atoms with van der Waals surface area (Å²) in [4.78, 5) is 17.3. The van der Waals surface area contributed by atoms with E-state index in [9.17, 15) is 0 Å². The van der Waals surface area contributed by atoms with Gasteiger partial charge in [-0.25, -0.2) is 15.0 Å². The molecule has 3 aromatic heterocycles. The van der Waals surface area contributed by atoms with Gasteiger partial charge in [0.05, 0.1) is 9.75 Å². The summed E-state index contributed by atoms with van der Waals surface area (Å²) in [6, 6.07) is 50.2. The fourth-order valence-electron chi connectivity index (χ4n) is 7.18. The van der Waals surface area contributed by atoms with E-state index in [2.05, 4.69) is 138 Å². The predicted molar refractivity (Wildman–Crippen MR) is 205 cm³/mol. The van der Waals surface area contributed by atoms with Gasteiger partial charge in [-0.3, -0.25) is 0 Å². The molecule has 0 aliphatic rings. The van der Waals surface area contributed by atoms with E-state index in [4.69, 9.17) is 15.0 Å². The van der Waals surface area contributed by atoms with Crippen LogP contribution in [0.2, 0.25) is 0 Å². The predicted octanol–water partition coefficient (Wildman–Crippen LogP) is 12.4. The zero-order chi connectivity index (χ0) is 31.6. The minimum absolute atomic E-state index is 0.687. The monoisotopic (exact) mass is 647 g/mol. The number of aromatic nitrogens is 3. The van der Waals surface area contributed by atoms with Crippen LogP contribution in [0, 0.1) is 0 Å². The molecule has 0 amide bonds. The van der Waals surface area contributed by atoms with Gasteiger partial charge >= 0.3 is 0 Å². The Kier molecular flexibility index (Phi) is 6.22. The molecule has 0 aliphatic heterocycles. The van der Waals surface area contributed by atoms with Gasteiger partial charge in [0.15, 0.2) is 17.5 Å². The normalized spacial score (nSPS) is 11.8. The molecule has 0 unspecified atom stereocenters. The van der Waals surface area contributed by atoms with E-state index in [1.807, 2.05) is 12.1 Å². The number of benzene rings is 7. The van der Waals surface area contributed by atoms with Crippen molar-refractivity contribution in [1.82, 2.24) is 15.0 Å². The van der Waals surface area contributed by atoms with E-state index >= 15 is 0 Å². The first-order chi connectivity index (χ1) is 23.8. The summed E-state index contributed by atoms with van der Waals surface area (Å²) >= 11 is 3.29. The van der Waals surface area contributed by atoms with Gasteiger partial charge < -0.3 is 0 Å². The third-order valence-electron chi connectivity index (χ3n) is 9.29. The van der Waals surface area contributed by atoms with Gasteiger partial charge in [0.25, 0.3) is 0 Å². The van der Waals surface area contributed by atoms with E-state index < -0.39 is 0 Å². The van der Waals surface area contributed by atoms with Crippen LogP contribution < -0.4 is 0 Å². The van der Waals surface area contributed by atoms with Crippen LogP contribution in [-0.2, 0) is 0 Å². The zero-order valence-electron chi connectivity index (χ0n) is 25.6. The van der Waals surface area contributed by atoms with Crippen molar-refractivity contribution >= 4 is 76.5 Å². The van der Waals surface area contributed by atoms with Gasteiger partial charge in [-0.05, 0) is 100 Å². The number of nitrogens with zero attached hydrogens (tertiary/aromatic N) is 3. The van der Waals surface area contributed by atoms with Gasteiger partial charge in [-0.1, -0.05) is 115 Å². The van der Waals surface area contributed by atoms with Gasteiger partial charge in [-0.2, -0.15) is 0 Å². The molecule has 10 aromatic rings. The van der Waals surface area contributed by atoms with Gasteiger partial charge in [0, 0.05) is 5.56 Å². The molecule has 5 heteroatoms. The average molecular weight is 648 g/mol. The molecule has 48 heavy (non-hydrogen) atoms. The van der Waals surface area contributed by atoms with Crippen molar-refractivity contribution in [1.29, 1.82) is 0 Å². The zero-order valence-corrected chi connectivity index (χ0v) is 27.2. The second kappa shape index (κ2) is 10.9. The highest BCUT2D eigenvalue weighted by Gasteiger charge is 2.22. The smallest absolute Gasteiger partial charge is 0.174 e. The maximum absolute atomic E-state index is 5.16. The van der Waals surface area contributed by atoms with E-state index in [0.29, 0.717) is 17.5 Å². The van der Waals surface area contributed by atoms with Crippen LogP contribution in [0.25, 0.3) is 97.8 Å². The molecule has 0 saturated carbocycles. The Bertz CT molecular complexity index is 2730. The van der Waals surface area contributed by atoms with Crippen molar-refractivity contribution in [2.75, 3.05) is 0 Å². The third kappa shape index (κ3) is 4.29. The first-order valence-electron chi connectivity index (χ1n) is 15.9. The maximum Gasteiger partial charge on any atom is 0.174 e. The number of rotatable bonds is 4. The summed E-state index contributed by atoms with van der Waals surface area (Å²) in [5, 5.41) is 16.3. The molecule has 0 spiro atoms. The third-order valence-corrected chi connectivity index (χ3v) is 11.0. The molecule has 224 valence electrons. The van der Waals surface area contributed by atoms with Crippen LogP contribution in [0.5, 0.6) is 0 Å². The second-order valence-corrected chi connectivity index (χ2v) is 13.9. The topological polar surface area (TPSA) is 38.7 Å². The van der Waals surface area contributed by atoms with Crippen molar-refractivity contribution in [2.24, 2.45) is 0 Å². The lowest BCUT2D eigenvalue weighted by molar-refractivity contribution is 1.09. The quantitative estimate of drug-likeness (QED) is 0.141. The molecule has 10 rings (SSSR count). The summed E-state index contributed by atoms with van der Waals surface area (Å²) < 4.78 is 0. The van der Waals surface area contributed by atoms with Crippen molar-refractivity contribution in [3.8, 4) is 43.9 Å². The fraction of sp³-hybridized carbons (Fsp3) is 0. The summed E-state index contributed by atoms with van der Waals surface area (Å²) in [7, 11) is 0. The van der Waals surface area contributed by atoms with Gasteiger partial charge in [-0.15, -0.1) is 22.7 Å². The van der Waals surface area contributed by atoms with Gasteiger partial charge in [0.2, 0.25) is 0 Å². The van der Waals surface area contributed by atoms with Gasteiger partial charge in [0.1, 0.15) is 0 Å². The lowest BCUT2D eigenvalue weighted by Gasteiger charge is -2.19. The van der Waals surface area contributed by atoms with Crippen molar-refractivity contribution < 1.29 is 0 Å². The van der Waals surface area contributed by atoms with Crippen molar-refractivity contribution in [3.05, 3.63) is 150 Å². The molecule has 0 radical (unpaired) electrons. The molecule has 3 heterocycles. The van der Waals surface area contributed by atoms with Crippen LogP contribution >= 0.6 is 22.7 Å². The molecule has 0 N–H and O–H groups in total. The molecule has 3 nitrogen and oxygen atoms in total. The molecular weight excluding hydrogens is 623 g/mol. The Morgan fingerprint density at radius 1 is 0.333 bits per heavy atom. The van der Waals surface area contributed by atoms with E-state index in [-0.39, 0.29) is 0 Å². The maximum atomic E-state index is 5.16. The lowest BCUT2D eigenvalue weighted by atomic mass is 9.85. The fourth-order valence-corrected chi connectivity index (χ4v) is 8.49. The standard InChI is InChI=1S/C43H25N3S2/c1-2-11-27-25-36-28(24-26(27)10-1)20-21-30-29(36)16-7-17-31(30)39-32-12-3-5-14-34(32)40(35-15-6-4-13-33(35)39)43-45-41(37-18-8-22-47-37)44-42(46-43)38-19-9-23-48-38/h1-25H. The Balaban J connectivity index is 1.29. The minimum Gasteiger partial charge on any atom is -0.207 e. The highest BCUT2D eigenvalue weighted by Crippen LogP contribution is 2.46. The Labute approximate surface area is 284 Å². The average Bonchev–Trinajstić information content (AvgIpc) is 3.89. The second-order valence-electron chi connectivity index (χ2n) is 12.0. The van der Waals surface area contributed by atoms with E-state index in [1.54, 1.807) is 22.7 Å². The number of hydrogen-bond acceptors (Lipinski definition) is 5. The summed E-state index contributed by atoms with van der Waals surface area (Å²) in [5.74, 6) is 2.08. The highest BCUT2D eigenvalue weighted by atomic mass is 32.1. The van der Waals surface area contributed by atoms with Crippen molar-refractivity contribution in [2.45, 2.75) is 0 Å². The van der Waals surface area contributed by atoms with Crippen LogP contribution in [0.3, 0.4) is 0 Å². The van der Waals surface area contributed by atoms with Crippen molar-refractivity contribution in [3.63, 3.8) is 0 Å². The Hall–Kier alpha value is -5.75. The van der Waals surface area contributed by atoms with Crippen LogP contribution in [0.1, 0.15) is 0 Å². The largest absolute Gasteiger partial charge is 0.207 e. The molecule has 0 bridgehead atoms. The Morgan fingerprint density at radius 2 is 0.875 bits per heavy atom. The number of hydrogen-bond donors (Lipinski definition) is 0. The summed E-state index contributed by atoms with van der Waals surface area (Å²) in [5.41, 5.74) is 3.47. The molecule has 0 aliphatic carbocycles. The van der Waals surface area contributed by atoms with Crippen LogP contribution in [0.15, 0.2) is 150 Å².